The lowest BCUT2D eigenvalue weighted by molar-refractivity contribution is 0.0696. The van der Waals surface area contributed by atoms with Crippen LogP contribution in [0.5, 0.6) is 0 Å². The predicted octanol–water partition coefficient (Wildman–Crippen LogP) is 3.89. The van der Waals surface area contributed by atoms with Gasteiger partial charge in [0.1, 0.15) is 11.5 Å². The first kappa shape index (κ1) is 20.3. The van der Waals surface area contributed by atoms with Gasteiger partial charge in [0.2, 0.25) is 0 Å². The molecule has 2 N–H and O–H groups in total. The summed E-state index contributed by atoms with van der Waals surface area (Å²) in [4.78, 5) is 24.0. The maximum atomic E-state index is 13.2. The van der Waals surface area contributed by atoms with Crippen molar-refractivity contribution < 1.29 is 19.1 Å². The van der Waals surface area contributed by atoms with Crippen molar-refractivity contribution in [2.45, 2.75) is 13.0 Å². The molecule has 0 bridgehead atoms. The van der Waals surface area contributed by atoms with Crippen LogP contribution in [0.1, 0.15) is 32.0 Å². The first-order chi connectivity index (χ1) is 15.0. The number of carboxylic acids is 1. The van der Waals surface area contributed by atoms with E-state index in [1.165, 1.54) is 12.1 Å². The summed E-state index contributed by atoms with van der Waals surface area (Å²) in [5.74, 6) is -1.54. The van der Waals surface area contributed by atoms with E-state index in [9.17, 15) is 14.0 Å². The number of halogens is 1. The molecule has 1 aromatic heterocycles. The predicted molar refractivity (Wildman–Crippen MR) is 115 cm³/mol. The zero-order chi connectivity index (χ0) is 21.8. The van der Waals surface area contributed by atoms with Gasteiger partial charge in [-0.1, -0.05) is 42.5 Å². The second-order valence-electron chi connectivity index (χ2n) is 7.16. The fraction of sp³-hybridized carbons (Fsp3) is 0.125. The first-order valence-corrected chi connectivity index (χ1v) is 9.82. The number of fused-ring (bicyclic) bond motifs is 1. The Morgan fingerprint density at radius 2 is 1.61 bits per heavy atom. The molecular weight excluding hydrogens is 397 g/mol. The number of aromatic carboxylic acids is 1. The Balaban J connectivity index is 1.51. The molecule has 3 aromatic carbocycles. The lowest BCUT2D eigenvalue weighted by atomic mass is 10.1. The molecule has 6 nitrogen and oxygen atoms in total. The number of benzene rings is 3. The topological polar surface area (TPSA) is 84.2 Å². The van der Waals surface area contributed by atoms with Crippen LogP contribution >= 0.6 is 0 Å². The van der Waals surface area contributed by atoms with Crippen molar-refractivity contribution in [1.82, 2.24) is 15.1 Å². The molecule has 0 aliphatic rings. The minimum Gasteiger partial charge on any atom is -0.478 e. The smallest absolute Gasteiger partial charge is 0.335 e. The van der Waals surface area contributed by atoms with Crippen molar-refractivity contribution in [2.24, 2.45) is 0 Å². The van der Waals surface area contributed by atoms with Crippen LogP contribution in [0.3, 0.4) is 0 Å². The monoisotopic (exact) mass is 417 g/mol. The second-order valence-corrected chi connectivity index (χ2v) is 7.16. The maximum Gasteiger partial charge on any atom is 0.335 e. The highest BCUT2D eigenvalue weighted by Gasteiger charge is 2.18. The number of carbonyl (C=O) groups excluding carboxylic acids is 1. The van der Waals surface area contributed by atoms with Crippen LogP contribution < -0.4 is 5.32 Å². The molecule has 156 valence electrons. The summed E-state index contributed by atoms with van der Waals surface area (Å²) in [5, 5.41) is 17.2. The Labute approximate surface area is 177 Å². The van der Waals surface area contributed by atoms with Crippen molar-refractivity contribution in [2.75, 3.05) is 6.54 Å². The number of rotatable bonds is 7. The second kappa shape index (κ2) is 8.79. The Kier molecular flexibility index (Phi) is 5.75. The fourth-order valence-corrected chi connectivity index (χ4v) is 3.41. The van der Waals surface area contributed by atoms with E-state index in [4.69, 9.17) is 5.11 Å². The largest absolute Gasteiger partial charge is 0.478 e. The molecule has 1 heterocycles. The van der Waals surface area contributed by atoms with Gasteiger partial charge in [-0.15, -0.1) is 0 Å². The Morgan fingerprint density at radius 3 is 2.32 bits per heavy atom. The van der Waals surface area contributed by atoms with E-state index >= 15 is 0 Å². The average Bonchev–Trinajstić information content (AvgIpc) is 3.13. The van der Waals surface area contributed by atoms with Gasteiger partial charge < -0.3 is 10.4 Å². The molecule has 31 heavy (non-hydrogen) atoms. The maximum absolute atomic E-state index is 13.2. The van der Waals surface area contributed by atoms with Gasteiger partial charge in [0.05, 0.1) is 17.6 Å². The van der Waals surface area contributed by atoms with Gasteiger partial charge in [-0.3, -0.25) is 9.48 Å². The van der Waals surface area contributed by atoms with Crippen LogP contribution in [0.4, 0.5) is 4.39 Å². The fourth-order valence-electron chi connectivity index (χ4n) is 3.41. The first-order valence-electron chi connectivity index (χ1n) is 9.82. The van der Waals surface area contributed by atoms with E-state index in [-0.39, 0.29) is 17.3 Å². The average molecular weight is 417 g/mol. The highest BCUT2D eigenvalue weighted by atomic mass is 19.1. The number of aromatic nitrogens is 2. The Hall–Kier alpha value is -4.00. The molecule has 1 amide bonds. The van der Waals surface area contributed by atoms with Crippen LogP contribution in [0, 0.1) is 5.82 Å². The van der Waals surface area contributed by atoms with Crippen LogP contribution in [0.25, 0.3) is 10.9 Å². The van der Waals surface area contributed by atoms with E-state index in [0.29, 0.717) is 30.7 Å². The van der Waals surface area contributed by atoms with Crippen molar-refractivity contribution in [3.8, 4) is 0 Å². The third-order valence-electron chi connectivity index (χ3n) is 5.01. The van der Waals surface area contributed by atoms with E-state index in [1.807, 2.05) is 24.3 Å². The number of carboxylic acid groups (broad SMARTS) is 1. The summed E-state index contributed by atoms with van der Waals surface area (Å²) in [7, 11) is 0. The van der Waals surface area contributed by atoms with Crippen molar-refractivity contribution in [3.05, 3.63) is 101 Å². The van der Waals surface area contributed by atoms with Gasteiger partial charge in [0, 0.05) is 11.9 Å². The summed E-state index contributed by atoms with van der Waals surface area (Å²) in [6, 6.07) is 20.1. The summed E-state index contributed by atoms with van der Waals surface area (Å²) in [6.07, 6.45) is 0.565. The Bertz CT molecular complexity index is 1230. The number of hydrogen-bond donors (Lipinski definition) is 2. The Morgan fingerprint density at radius 1 is 0.935 bits per heavy atom. The summed E-state index contributed by atoms with van der Waals surface area (Å²) >= 11 is 0. The molecule has 0 saturated heterocycles. The number of carbonyl (C=O) groups is 2. The minimum absolute atomic E-state index is 0.226. The normalized spacial score (nSPS) is 10.9. The molecule has 0 unspecified atom stereocenters. The SMILES string of the molecule is O=C(O)c1ccc(CCNC(=O)c2c3ccccc3nn2Cc2ccc(F)cc2)cc1. The zero-order valence-corrected chi connectivity index (χ0v) is 16.6. The van der Waals surface area contributed by atoms with Gasteiger partial charge >= 0.3 is 5.97 Å². The summed E-state index contributed by atoms with van der Waals surface area (Å²) in [6.45, 7) is 0.732. The van der Waals surface area contributed by atoms with Crippen molar-refractivity contribution in [1.29, 1.82) is 0 Å². The van der Waals surface area contributed by atoms with Crippen molar-refractivity contribution >= 4 is 22.8 Å². The van der Waals surface area contributed by atoms with Gasteiger partial charge in [0.15, 0.2) is 0 Å². The van der Waals surface area contributed by atoms with E-state index in [2.05, 4.69) is 10.4 Å². The number of nitrogens with one attached hydrogen (secondary N) is 1. The van der Waals surface area contributed by atoms with Crippen LogP contribution in [-0.2, 0) is 13.0 Å². The molecule has 0 aliphatic heterocycles. The van der Waals surface area contributed by atoms with Crippen LogP contribution in [0.15, 0.2) is 72.8 Å². The molecule has 4 rings (SSSR count). The molecule has 4 aromatic rings. The standard InChI is InChI=1S/C24H20FN3O3/c25-19-11-7-17(8-12-19)15-28-22(20-3-1-2-4-21(20)27-28)23(29)26-14-13-16-5-9-18(10-6-16)24(30)31/h1-12H,13-15H2,(H,26,29)(H,30,31). The van der Waals surface area contributed by atoms with E-state index < -0.39 is 5.97 Å². The highest BCUT2D eigenvalue weighted by molar-refractivity contribution is 6.05. The highest BCUT2D eigenvalue weighted by Crippen LogP contribution is 2.19. The van der Waals surface area contributed by atoms with Crippen molar-refractivity contribution in [3.63, 3.8) is 0 Å². The van der Waals surface area contributed by atoms with Gasteiger partial charge in [-0.2, -0.15) is 5.10 Å². The van der Waals surface area contributed by atoms with Crippen LogP contribution in [0.2, 0.25) is 0 Å². The van der Waals surface area contributed by atoms with E-state index in [0.717, 1.165) is 16.5 Å². The molecule has 0 fully saturated rings. The molecule has 0 atom stereocenters. The zero-order valence-electron chi connectivity index (χ0n) is 16.6. The molecule has 0 spiro atoms. The van der Waals surface area contributed by atoms with Crippen LogP contribution in [-0.4, -0.2) is 33.3 Å². The summed E-state index contributed by atoms with van der Waals surface area (Å²) < 4.78 is 14.9. The lowest BCUT2D eigenvalue weighted by Crippen LogP contribution is -2.28. The third kappa shape index (κ3) is 4.61. The molecule has 0 aliphatic carbocycles. The van der Waals surface area contributed by atoms with Gasteiger partial charge in [-0.05, 0) is 47.9 Å². The van der Waals surface area contributed by atoms with Gasteiger partial charge in [-0.25, -0.2) is 9.18 Å². The summed E-state index contributed by atoms with van der Waals surface area (Å²) in [5.41, 5.74) is 3.14. The molecular formula is C24H20FN3O3. The number of nitrogens with zero attached hydrogens (tertiary/aromatic N) is 2. The molecule has 0 radical (unpaired) electrons. The lowest BCUT2D eigenvalue weighted by Gasteiger charge is -2.09. The van der Waals surface area contributed by atoms with Gasteiger partial charge in [0.25, 0.3) is 5.91 Å². The minimum atomic E-state index is -0.971. The molecule has 0 saturated carbocycles. The van der Waals surface area contributed by atoms with E-state index in [1.54, 1.807) is 41.1 Å². The molecule has 7 heteroatoms. The quantitative estimate of drug-likeness (QED) is 0.478. The third-order valence-corrected chi connectivity index (χ3v) is 5.01. The number of amides is 1. The number of hydrogen-bond acceptors (Lipinski definition) is 3.